The molecule has 1 aromatic carbocycles. The normalized spacial score (nSPS) is 7.33. The summed E-state index contributed by atoms with van der Waals surface area (Å²) in [4.78, 5) is 18.5. The van der Waals surface area contributed by atoms with Crippen molar-refractivity contribution in [3.05, 3.63) is 48.6 Å². The third kappa shape index (κ3) is 14.6. The van der Waals surface area contributed by atoms with Gasteiger partial charge in [0.15, 0.2) is 5.12 Å². The first-order valence-electron chi connectivity index (χ1n) is 5.74. The fraction of sp³-hybridized carbons (Fsp3) is 0.333. The Morgan fingerprint density at radius 1 is 1.11 bits per heavy atom. The maximum absolute atomic E-state index is 10.5. The molecule has 0 fully saturated rings. The lowest BCUT2D eigenvalue weighted by atomic mass is 10.1. The van der Waals surface area contributed by atoms with Crippen LogP contribution in [-0.4, -0.2) is 11.9 Å². The number of hydrogen-bond acceptors (Lipinski definition) is 2. The molecule has 0 atom stereocenters. The molecule has 0 N–H and O–H groups in total. The highest BCUT2D eigenvalue weighted by molar-refractivity contribution is 7.96. The molecule has 3 heteroatoms. The van der Waals surface area contributed by atoms with Crippen LogP contribution in [0.15, 0.2) is 37.4 Å². The second-order valence-electron chi connectivity index (χ2n) is 2.88. The Morgan fingerprint density at radius 2 is 1.50 bits per heavy atom. The van der Waals surface area contributed by atoms with E-state index in [-0.39, 0.29) is 5.12 Å². The van der Waals surface area contributed by atoms with Gasteiger partial charge in [-0.1, -0.05) is 43.7 Å². The van der Waals surface area contributed by atoms with Gasteiger partial charge in [0, 0.05) is 6.42 Å². The standard InChI is InChI=1S/C10H12OS.C2H6.C2H4.CH2O/c1-8-2-4-9(5-3-8)6-7-10(11)12;3*1-2/h2-5H,6-7H2,1H3,(H,11,12);1-2H3;1-2H2;1H2. The van der Waals surface area contributed by atoms with Crippen molar-refractivity contribution in [1.29, 1.82) is 0 Å². The smallest absolute Gasteiger partial charge is 0.186 e. The third-order valence-corrected chi connectivity index (χ3v) is 1.97. The summed E-state index contributed by atoms with van der Waals surface area (Å²) in [5.41, 5.74) is 2.44. The quantitative estimate of drug-likeness (QED) is 0.663. The summed E-state index contributed by atoms with van der Waals surface area (Å²) in [6.07, 6.45) is 1.31. The van der Waals surface area contributed by atoms with E-state index in [1.165, 1.54) is 11.1 Å². The van der Waals surface area contributed by atoms with E-state index >= 15 is 0 Å². The molecule has 0 unspecified atom stereocenters. The minimum atomic E-state index is -0.0458. The van der Waals surface area contributed by atoms with E-state index in [2.05, 4.69) is 37.9 Å². The van der Waals surface area contributed by atoms with Crippen LogP contribution in [-0.2, 0) is 16.0 Å². The van der Waals surface area contributed by atoms with Crippen molar-refractivity contribution < 1.29 is 9.59 Å². The summed E-state index contributed by atoms with van der Waals surface area (Å²) in [5, 5.41) is -0.0458. The Bertz CT molecular complexity index is 292. The topological polar surface area (TPSA) is 34.1 Å². The van der Waals surface area contributed by atoms with Gasteiger partial charge < -0.3 is 4.79 Å². The van der Waals surface area contributed by atoms with Gasteiger partial charge >= 0.3 is 0 Å². The van der Waals surface area contributed by atoms with Crippen LogP contribution in [0.25, 0.3) is 0 Å². The number of aryl methyl sites for hydroxylation is 2. The number of hydrogen-bond donors (Lipinski definition) is 1. The molecule has 0 saturated heterocycles. The van der Waals surface area contributed by atoms with Crippen molar-refractivity contribution in [2.24, 2.45) is 0 Å². The number of carbonyl (C=O) groups excluding carboxylic acids is 2. The van der Waals surface area contributed by atoms with Crippen LogP contribution in [0.3, 0.4) is 0 Å². The van der Waals surface area contributed by atoms with Crippen molar-refractivity contribution >= 4 is 24.5 Å². The van der Waals surface area contributed by atoms with E-state index in [4.69, 9.17) is 4.79 Å². The number of benzene rings is 1. The summed E-state index contributed by atoms with van der Waals surface area (Å²) >= 11 is 3.71. The summed E-state index contributed by atoms with van der Waals surface area (Å²) in [6, 6.07) is 8.20. The Kier molecular flexibility index (Phi) is 21.9. The van der Waals surface area contributed by atoms with Crippen LogP contribution >= 0.6 is 12.6 Å². The van der Waals surface area contributed by atoms with Crippen molar-refractivity contribution in [3.63, 3.8) is 0 Å². The molecule has 2 nitrogen and oxygen atoms in total. The average Bonchev–Trinajstić information content (AvgIpc) is 2.45. The fourth-order valence-corrected chi connectivity index (χ4v) is 1.12. The molecule has 0 amide bonds. The van der Waals surface area contributed by atoms with Gasteiger partial charge in [-0.05, 0) is 18.9 Å². The van der Waals surface area contributed by atoms with Crippen molar-refractivity contribution in [3.8, 4) is 0 Å². The second kappa shape index (κ2) is 18.0. The van der Waals surface area contributed by atoms with Gasteiger partial charge in [0.2, 0.25) is 0 Å². The summed E-state index contributed by atoms with van der Waals surface area (Å²) in [5.74, 6) is 0. The SMILES string of the molecule is C=C.C=O.CC.Cc1ccc(CCC(=O)S)cc1. The summed E-state index contributed by atoms with van der Waals surface area (Å²) < 4.78 is 0. The predicted octanol–water partition coefficient (Wildman–Crippen LogP) is 4.03. The van der Waals surface area contributed by atoms with Crippen molar-refractivity contribution in [1.82, 2.24) is 0 Å². The molecular formula is C15H24O2S. The van der Waals surface area contributed by atoms with Crippen LogP contribution in [0.5, 0.6) is 0 Å². The van der Waals surface area contributed by atoms with Gasteiger partial charge in [0.25, 0.3) is 0 Å². The highest BCUT2D eigenvalue weighted by Crippen LogP contribution is 2.06. The molecular weight excluding hydrogens is 244 g/mol. The van der Waals surface area contributed by atoms with Crippen molar-refractivity contribution in [2.45, 2.75) is 33.6 Å². The zero-order chi connectivity index (χ0) is 15.0. The van der Waals surface area contributed by atoms with E-state index in [1.807, 2.05) is 39.7 Å². The monoisotopic (exact) mass is 268 g/mol. The molecule has 0 aliphatic rings. The van der Waals surface area contributed by atoms with Gasteiger partial charge in [-0.15, -0.1) is 25.8 Å². The van der Waals surface area contributed by atoms with Crippen LogP contribution in [0.4, 0.5) is 0 Å². The lowest BCUT2D eigenvalue weighted by molar-refractivity contribution is -0.110. The van der Waals surface area contributed by atoms with Crippen LogP contribution < -0.4 is 0 Å². The number of rotatable bonds is 3. The third-order valence-electron chi connectivity index (χ3n) is 1.75. The Hall–Kier alpha value is -1.35. The molecule has 0 saturated carbocycles. The number of thiol groups is 1. The van der Waals surface area contributed by atoms with Gasteiger partial charge in [0.05, 0.1) is 0 Å². The predicted molar refractivity (Wildman–Crippen MR) is 83.2 cm³/mol. The molecule has 0 aromatic heterocycles. The lowest BCUT2D eigenvalue weighted by Crippen LogP contribution is -1.91. The van der Waals surface area contributed by atoms with E-state index in [0.717, 1.165) is 6.42 Å². The van der Waals surface area contributed by atoms with Crippen LogP contribution in [0.1, 0.15) is 31.4 Å². The first-order valence-corrected chi connectivity index (χ1v) is 6.19. The lowest BCUT2D eigenvalue weighted by Gasteiger charge is -1.98. The first kappa shape index (κ1) is 21.9. The molecule has 1 rings (SSSR count). The summed E-state index contributed by atoms with van der Waals surface area (Å²) in [7, 11) is 0. The van der Waals surface area contributed by atoms with Gasteiger partial charge in [0.1, 0.15) is 6.79 Å². The maximum Gasteiger partial charge on any atom is 0.186 e. The highest BCUT2D eigenvalue weighted by atomic mass is 32.1. The van der Waals surface area contributed by atoms with E-state index in [0.29, 0.717) is 6.42 Å². The van der Waals surface area contributed by atoms with Crippen LogP contribution in [0.2, 0.25) is 0 Å². The van der Waals surface area contributed by atoms with E-state index in [1.54, 1.807) is 0 Å². The molecule has 0 bridgehead atoms. The molecule has 0 heterocycles. The summed E-state index contributed by atoms with van der Waals surface area (Å²) in [6.45, 7) is 14.0. The second-order valence-corrected chi connectivity index (χ2v) is 3.38. The minimum absolute atomic E-state index is 0.0458. The Balaban J connectivity index is -0.000000328. The first-order chi connectivity index (χ1) is 8.68. The maximum atomic E-state index is 10.5. The molecule has 0 radical (unpaired) electrons. The number of carbonyl (C=O) groups is 2. The van der Waals surface area contributed by atoms with E-state index in [9.17, 15) is 4.79 Å². The zero-order valence-corrected chi connectivity index (χ0v) is 12.5. The molecule has 0 aliphatic carbocycles. The van der Waals surface area contributed by atoms with Gasteiger partial charge in [-0.25, -0.2) is 0 Å². The molecule has 102 valence electrons. The molecule has 1 aromatic rings. The average molecular weight is 268 g/mol. The molecule has 18 heavy (non-hydrogen) atoms. The molecule has 0 spiro atoms. The van der Waals surface area contributed by atoms with Crippen LogP contribution in [0, 0.1) is 6.92 Å². The molecule has 0 aliphatic heterocycles. The minimum Gasteiger partial charge on any atom is -0.307 e. The largest absolute Gasteiger partial charge is 0.307 e. The highest BCUT2D eigenvalue weighted by Gasteiger charge is 1.96. The van der Waals surface area contributed by atoms with E-state index < -0.39 is 0 Å². The zero-order valence-electron chi connectivity index (χ0n) is 11.6. The Morgan fingerprint density at radius 3 is 1.83 bits per heavy atom. The van der Waals surface area contributed by atoms with Gasteiger partial charge in [-0.2, -0.15) is 0 Å². The van der Waals surface area contributed by atoms with Crippen molar-refractivity contribution in [2.75, 3.05) is 0 Å². The van der Waals surface area contributed by atoms with Gasteiger partial charge in [-0.3, -0.25) is 4.79 Å². The fourth-order valence-electron chi connectivity index (χ4n) is 1.01. The Labute approximate surface area is 117 Å².